The minimum absolute atomic E-state index is 0.252. The molecule has 0 unspecified atom stereocenters. The monoisotopic (exact) mass is 241 g/mol. The molecule has 0 aliphatic carbocycles. The number of unbranched alkanes of at least 4 members (excludes halogenated alkanes) is 1. The van der Waals surface area contributed by atoms with Gasteiger partial charge in [-0.3, -0.25) is 0 Å². The molecule has 0 aliphatic rings. The number of aromatic nitrogens is 2. The first kappa shape index (κ1) is 13.4. The zero-order chi connectivity index (χ0) is 12.0. The summed E-state index contributed by atoms with van der Waals surface area (Å²) in [6, 6.07) is 0. The molecular formula is C12H23N3S. The molecule has 16 heavy (non-hydrogen) atoms. The van der Waals surface area contributed by atoms with Crippen LogP contribution < -0.4 is 5.32 Å². The number of thioether (sulfide) groups is 1. The van der Waals surface area contributed by atoms with Crippen LogP contribution in [-0.2, 0) is 6.54 Å². The van der Waals surface area contributed by atoms with Gasteiger partial charge in [-0.25, -0.2) is 4.98 Å². The van der Waals surface area contributed by atoms with Crippen LogP contribution in [-0.4, -0.2) is 27.1 Å². The Labute approximate surface area is 103 Å². The third kappa shape index (κ3) is 4.08. The molecule has 4 heteroatoms. The van der Waals surface area contributed by atoms with Crippen LogP contribution in [0.3, 0.4) is 0 Å². The molecule has 3 nitrogen and oxygen atoms in total. The summed E-state index contributed by atoms with van der Waals surface area (Å²) in [4.78, 5) is 4.35. The van der Waals surface area contributed by atoms with Crippen LogP contribution in [0.15, 0.2) is 12.4 Å². The van der Waals surface area contributed by atoms with E-state index in [0.29, 0.717) is 0 Å². The van der Waals surface area contributed by atoms with Gasteiger partial charge in [0.05, 0.1) is 0 Å². The molecule has 1 heterocycles. The maximum atomic E-state index is 4.35. The average molecular weight is 241 g/mol. The van der Waals surface area contributed by atoms with Crippen molar-refractivity contribution in [2.45, 2.75) is 44.9 Å². The Kier molecular flexibility index (Phi) is 5.19. The lowest BCUT2D eigenvalue weighted by Gasteiger charge is -2.23. The Morgan fingerprint density at radius 1 is 1.50 bits per heavy atom. The molecule has 0 saturated heterocycles. The predicted octanol–water partition coefficient (Wildman–Crippen LogP) is 3.24. The quantitative estimate of drug-likeness (QED) is 0.743. The average Bonchev–Trinajstić information content (AvgIpc) is 2.66. The largest absolute Gasteiger partial charge is 0.356 e. The van der Waals surface area contributed by atoms with Gasteiger partial charge in [0.2, 0.25) is 5.95 Å². The van der Waals surface area contributed by atoms with Gasteiger partial charge in [-0.15, -0.1) is 0 Å². The second-order valence-corrected chi connectivity index (χ2v) is 6.14. The molecular weight excluding hydrogens is 218 g/mol. The summed E-state index contributed by atoms with van der Waals surface area (Å²) in [7, 11) is 0. The lowest BCUT2D eigenvalue weighted by atomic mass is 10.2. The Bertz CT molecular complexity index is 307. The highest BCUT2D eigenvalue weighted by Crippen LogP contribution is 2.24. The number of rotatable bonds is 7. The summed E-state index contributed by atoms with van der Waals surface area (Å²) in [5.74, 6) is 0.996. The van der Waals surface area contributed by atoms with E-state index >= 15 is 0 Å². The van der Waals surface area contributed by atoms with Crippen LogP contribution in [0.2, 0.25) is 0 Å². The molecule has 0 atom stereocenters. The fraction of sp³-hybridized carbons (Fsp3) is 0.750. The van der Waals surface area contributed by atoms with Gasteiger partial charge in [0.25, 0.3) is 0 Å². The molecule has 0 bridgehead atoms. The summed E-state index contributed by atoms with van der Waals surface area (Å²) in [5, 5.41) is 3.38. The number of nitrogens with zero attached hydrogens (tertiary/aromatic N) is 2. The molecule has 1 rings (SSSR count). The first-order valence-corrected chi connectivity index (χ1v) is 7.11. The topological polar surface area (TPSA) is 29.9 Å². The summed E-state index contributed by atoms with van der Waals surface area (Å²) in [6.07, 6.45) is 8.47. The van der Waals surface area contributed by atoms with E-state index in [1.54, 1.807) is 0 Å². The number of nitrogens with one attached hydrogen (secondary N) is 1. The molecule has 0 fully saturated rings. The van der Waals surface area contributed by atoms with Gasteiger partial charge in [-0.1, -0.05) is 13.3 Å². The Balaban J connectivity index is 2.56. The van der Waals surface area contributed by atoms with Crippen molar-refractivity contribution in [3.8, 4) is 0 Å². The molecule has 0 amide bonds. The lowest BCUT2D eigenvalue weighted by molar-refractivity contribution is 0.571. The van der Waals surface area contributed by atoms with Gasteiger partial charge >= 0.3 is 0 Å². The van der Waals surface area contributed by atoms with E-state index in [4.69, 9.17) is 0 Å². The fourth-order valence-corrected chi connectivity index (χ4v) is 1.72. The Hall–Kier alpha value is -0.640. The smallest absolute Gasteiger partial charge is 0.202 e. The van der Waals surface area contributed by atoms with E-state index in [1.807, 2.05) is 24.2 Å². The van der Waals surface area contributed by atoms with Crippen molar-refractivity contribution in [3.05, 3.63) is 12.4 Å². The van der Waals surface area contributed by atoms with Gasteiger partial charge < -0.3 is 9.88 Å². The molecule has 0 radical (unpaired) electrons. The second kappa shape index (κ2) is 6.18. The van der Waals surface area contributed by atoms with Crippen molar-refractivity contribution in [3.63, 3.8) is 0 Å². The molecule has 0 aromatic carbocycles. The Morgan fingerprint density at radius 3 is 2.88 bits per heavy atom. The normalized spacial score (nSPS) is 11.8. The van der Waals surface area contributed by atoms with Crippen LogP contribution in [0.5, 0.6) is 0 Å². The van der Waals surface area contributed by atoms with Gasteiger partial charge in [0, 0.05) is 30.2 Å². The van der Waals surface area contributed by atoms with Crippen molar-refractivity contribution < 1.29 is 0 Å². The van der Waals surface area contributed by atoms with Crippen molar-refractivity contribution in [2.24, 2.45) is 0 Å². The van der Waals surface area contributed by atoms with Crippen molar-refractivity contribution >= 4 is 17.7 Å². The highest BCUT2D eigenvalue weighted by molar-refractivity contribution is 7.99. The summed E-state index contributed by atoms with van der Waals surface area (Å²) < 4.78 is 2.45. The molecule has 92 valence electrons. The van der Waals surface area contributed by atoms with Crippen molar-refractivity contribution in [1.82, 2.24) is 9.55 Å². The van der Waals surface area contributed by atoms with Crippen LogP contribution in [0.1, 0.15) is 33.6 Å². The van der Waals surface area contributed by atoms with E-state index < -0.39 is 0 Å². The van der Waals surface area contributed by atoms with E-state index in [1.165, 1.54) is 12.8 Å². The third-order valence-corrected chi connectivity index (χ3v) is 3.87. The van der Waals surface area contributed by atoms with Gasteiger partial charge in [0.15, 0.2) is 0 Å². The van der Waals surface area contributed by atoms with E-state index in [-0.39, 0.29) is 4.75 Å². The maximum Gasteiger partial charge on any atom is 0.202 e. The first-order valence-electron chi connectivity index (χ1n) is 5.89. The highest BCUT2D eigenvalue weighted by Gasteiger charge is 2.18. The molecule has 1 aromatic heterocycles. The first-order chi connectivity index (χ1) is 7.59. The number of anilines is 1. The van der Waals surface area contributed by atoms with Crippen LogP contribution in [0, 0.1) is 0 Å². The van der Waals surface area contributed by atoms with E-state index in [2.05, 4.69) is 41.9 Å². The molecule has 0 saturated carbocycles. The lowest BCUT2D eigenvalue weighted by Crippen LogP contribution is -2.23. The van der Waals surface area contributed by atoms with Crippen molar-refractivity contribution in [1.29, 1.82) is 0 Å². The molecule has 0 spiro atoms. The standard InChI is InChI=1S/C12H23N3S/c1-5-6-7-13-11-14-8-9-15(11)10-12(2,3)16-4/h8-9H,5-7,10H2,1-4H3,(H,13,14). The highest BCUT2D eigenvalue weighted by atomic mass is 32.2. The Morgan fingerprint density at radius 2 is 2.25 bits per heavy atom. The number of hydrogen-bond acceptors (Lipinski definition) is 3. The molecule has 1 N–H and O–H groups in total. The fourth-order valence-electron chi connectivity index (χ4n) is 1.46. The van der Waals surface area contributed by atoms with Crippen LogP contribution in [0.25, 0.3) is 0 Å². The predicted molar refractivity (Wildman–Crippen MR) is 73.2 cm³/mol. The number of hydrogen-bond donors (Lipinski definition) is 1. The summed E-state index contributed by atoms with van der Waals surface area (Å²) in [5.41, 5.74) is 0. The second-order valence-electron chi connectivity index (χ2n) is 4.62. The minimum Gasteiger partial charge on any atom is -0.356 e. The maximum absolute atomic E-state index is 4.35. The number of imidazole rings is 1. The molecule has 1 aromatic rings. The summed E-state index contributed by atoms with van der Waals surface area (Å²) >= 11 is 1.89. The van der Waals surface area contributed by atoms with Gasteiger partial charge in [-0.05, 0) is 26.5 Å². The van der Waals surface area contributed by atoms with Crippen molar-refractivity contribution in [2.75, 3.05) is 18.1 Å². The van der Waals surface area contributed by atoms with Gasteiger partial charge in [-0.2, -0.15) is 11.8 Å². The molecule has 0 aliphatic heterocycles. The summed E-state index contributed by atoms with van der Waals surface area (Å²) in [6.45, 7) is 8.71. The van der Waals surface area contributed by atoms with E-state index in [0.717, 1.165) is 19.0 Å². The van der Waals surface area contributed by atoms with Crippen LogP contribution >= 0.6 is 11.8 Å². The minimum atomic E-state index is 0.252. The van der Waals surface area contributed by atoms with Crippen LogP contribution in [0.4, 0.5) is 5.95 Å². The SMILES string of the molecule is CCCCNc1nccn1CC(C)(C)SC. The van der Waals surface area contributed by atoms with Gasteiger partial charge in [0.1, 0.15) is 0 Å². The third-order valence-electron chi connectivity index (χ3n) is 2.63. The van der Waals surface area contributed by atoms with E-state index in [9.17, 15) is 0 Å². The zero-order valence-electron chi connectivity index (χ0n) is 10.8. The zero-order valence-corrected chi connectivity index (χ0v) is 11.6.